The number of para-hydroxylation sites is 1. The van der Waals surface area contributed by atoms with Gasteiger partial charge in [-0.25, -0.2) is 0 Å². The van der Waals surface area contributed by atoms with Gasteiger partial charge in [0, 0.05) is 7.11 Å². The highest BCUT2D eigenvalue weighted by Crippen LogP contribution is 2.36. The second-order valence-corrected chi connectivity index (χ2v) is 6.30. The Morgan fingerprint density at radius 2 is 1.96 bits per heavy atom. The molecule has 26 heavy (non-hydrogen) atoms. The van der Waals surface area contributed by atoms with Gasteiger partial charge in [0.1, 0.15) is 17.5 Å². The average molecular weight is 374 g/mol. The molecule has 5 nitrogen and oxygen atoms in total. The van der Waals surface area contributed by atoms with Crippen molar-refractivity contribution in [3.63, 3.8) is 0 Å². The van der Waals surface area contributed by atoms with Crippen LogP contribution in [0, 0.1) is 0 Å². The highest BCUT2D eigenvalue weighted by Gasteiger charge is 2.40. The number of ether oxygens (including phenoxy) is 2. The molecule has 1 amide bonds. The van der Waals surface area contributed by atoms with Gasteiger partial charge in [-0.05, 0) is 44.5 Å². The Morgan fingerprint density at radius 3 is 2.54 bits per heavy atom. The molecular weight excluding hydrogens is 349 g/mol. The predicted molar refractivity (Wildman–Crippen MR) is 91.0 cm³/mol. The van der Waals surface area contributed by atoms with Crippen LogP contribution in [0.25, 0.3) is 0 Å². The molecule has 0 bridgehead atoms. The van der Waals surface area contributed by atoms with Crippen molar-refractivity contribution in [1.29, 1.82) is 0 Å². The van der Waals surface area contributed by atoms with E-state index < -0.39 is 23.4 Å². The van der Waals surface area contributed by atoms with E-state index >= 15 is 0 Å². The van der Waals surface area contributed by atoms with Crippen molar-refractivity contribution in [2.75, 3.05) is 26.7 Å². The second-order valence-electron chi connectivity index (χ2n) is 6.30. The second kappa shape index (κ2) is 8.73. The lowest BCUT2D eigenvalue weighted by atomic mass is 9.91. The third kappa shape index (κ3) is 4.88. The lowest BCUT2D eigenvalue weighted by Gasteiger charge is -2.35. The third-order valence-corrected chi connectivity index (χ3v) is 4.65. The summed E-state index contributed by atoms with van der Waals surface area (Å²) >= 11 is 0. The summed E-state index contributed by atoms with van der Waals surface area (Å²) in [6, 6.07) is 5.08. The maximum absolute atomic E-state index is 13.1. The first-order valence-corrected chi connectivity index (χ1v) is 8.69. The predicted octanol–water partition coefficient (Wildman–Crippen LogP) is 2.75. The fraction of sp³-hybridized carbons (Fsp3) is 0.611. The molecule has 146 valence electrons. The van der Waals surface area contributed by atoms with E-state index in [0.29, 0.717) is 32.4 Å². The highest BCUT2D eigenvalue weighted by atomic mass is 19.4. The SMILES string of the molecule is CCC(CNC(=O)C1(OC)CCNCC1)Oc1ccccc1C(F)(F)F. The number of carbonyl (C=O) groups is 1. The number of methoxy groups -OCH3 is 1. The maximum atomic E-state index is 13.1. The van der Waals surface area contributed by atoms with Crippen LogP contribution in [-0.4, -0.2) is 44.4 Å². The van der Waals surface area contributed by atoms with Gasteiger partial charge in [0.15, 0.2) is 0 Å². The minimum atomic E-state index is -4.49. The fourth-order valence-electron chi connectivity index (χ4n) is 2.97. The number of carbonyl (C=O) groups excluding carboxylic acids is 1. The summed E-state index contributed by atoms with van der Waals surface area (Å²) in [5.74, 6) is -0.489. The van der Waals surface area contributed by atoms with Gasteiger partial charge in [0.05, 0.1) is 12.1 Å². The van der Waals surface area contributed by atoms with Gasteiger partial charge in [-0.1, -0.05) is 19.1 Å². The molecule has 2 rings (SSSR count). The first-order chi connectivity index (χ1) is 12.3. The molecule has 1 saturated heterocycles. The third-order valence-electron chi connectivity index (χ3n) is 4.65. The van der Waals surface area contributed by atoms with Crippen LogP contribution >= 0.6 is 0 Å². The number of amides is 1. The number of nitrogens with one attached hydrogen (secondary N) is 2. The number of hydrogen-bond donors (Lipinski definition) is 2. The van der Waals surface area contributed by atoms with E-state index in [1.807, 2.05) is 0 Å². The molecule has 0 radical (unpaired) electrons. The minimum Gasteiger partial charge on any atom is -0.488 e. The van der Waals surface area contributed by atoms with E-state index in [1.54, 1.807) is 6.92 Å². The van der Waals surface area contributed by atoms with Crippen LogP contribution in [0.15, 0.2) is 24.3 Å². The lowest BCUT2D eigenvalue weighted by Crippen LogP contribution is -2.55. The summed E-state index contributed by atoms with van der Waals surface area (Å²) in [7, 11) is 1.50. The number of hydrogen-bond acceptors (Lipinski definition) is 4. The standard InChI is InChI=1S/C18H25F3N2O3/c1-3-13(26-15-7-5-4-6-14(15)18(19,20)21)12-23-16(24)17(25-2)8-10-22-11-9-17/h4-7,13,22H,3,8-12H2,1-2H3,(H,23,24). The highest BCUT2D eigenvalue weighted by molar-refractivity contribution is 5.85. The first kappa shape index (κ1) is 20.5. The van der Waals surface area contributed by atoms with Crippen molar-refractivity contribution in [3.8, 4) is 5.75 Å². The van der Waals surface area contributed by atoms with Crippen molar-refractivity contribution in [3.05, 3.63) is 29.8 Å². The first-order valence-electron chi connectivity index (χ1n) is 8.69. The van der Waals surface area contributed by atoms with Gasteiger partial charge in [0.2, 0.25) is 0 Å². The number of alkyl halides is 3. The molecule has 2 N–H and O–H groups in total. The normalized spacial score (nSPS) is 18.2. The van der Waals surface area contributed by atoms with Gasteiger partial charge in [-0.3, -0.25) is 4.79 Å². The number of halogens is 3. The average Bonchev–Trinajstić information content (AvgIpc) is 2.64. The molecular formula is C18H25F3N2O3. The van der Waals surface area contributed by atoms with E-state index in [0.717, 1.165) is 6.07 Å². The van der Waals surface area contributed by atoms with Crippen molar-refractivity contribution in [2.45, 2.75) is 44.1 Å². The smallest absolute Gasteiger partial charge is 0.419 e. The van der Waals surface area contributed by atoms with Gasteiger partial charge in [-0.2, -0.15) is 13.2 Å². The number of rotatable bonds is 7. The summed E-state index contributed by atoms with van der Waals surface area (Å²) < 4.78 is 50.2. The van der Waals surface area contributed by atoms with Gasteiger partial charge >= 0.3 is 6.18 Å². The molecule has 0 spiro atoms. The topological polar surface area (TPSA) is 59.6 Å². The van der Waals surface area contributed by atoms with Gasteiger partial charge in [0.25, 0.3) is 5.91 Å². The van der Waals surface area contributed by atoms with Crippen LogP contribution in [0.4, 0.5) is 13.2 Å². The number of piperidine rings is 1. The zero-order chi connectivity index (χ0) is 19.2. The number of benzene rings is 1. The Morgan fingerprint density at radius 1 is 1.31 bits per heavy atom. The molecule has 1 heterocycles. The van der Waals surface area contributed by atoms with Crippen LogP contribution in [-0.2, 0) is 15.7 Å². The molecule has 1 aromatic rings. The Labute approximate surface area is 151 Å². The summed E-state index contributed by atoms with van der Waals surface area (Å²) in [6.07, 6.45) is -3.52. The molecule has 1 aromatic carbocycles. The van der Waals surface area contributed by atoms with E-state index in [-0.39, 0.29) is 18.2 Å². The van der Waals surface area contributed by atoms with Gasteiger partial charge < -0.3 is 20.1 Å². The van der Waals surface area contributed by atoms with Crippen LogP contribution in [0.2, 0.25) is 0 Å². The largest absolute Gasteiger partial charge is 0.488 e. The molecule has 1 aliphatic heterocycles. The van der Waals surface area contributed by atoms with E-state index in [4.69, 9.17) is 9.47 Å². The Bertz CT molecular complexity index is 602. The molecule has 1 fully saturated rings. The molecule has 0 aromatic heterocycles. The molecule has 0 saturated carbocycles. The van der Waals surface area contributed by atoms with Crippen molar-refractivity contribution in [2.24, 2.45) is 0 Å². The van der Waals surface area contributed by atoms with Crippen LogP contribution in [0.5, 0.6) is 5.75 Å². The molecule has 1 aliphatic rings. The van der Waals surface area contributed by atoms with Crippen molar-refractivity contribution in [1.82, 2.24) is 10.6 Å². The summed E-state index contributed by atoms with van der Waals surface area (Å²) in [5, 5.41) is 5.94. The van der Waals surface area contributed by atoms with E-state index in [9.17, 15) is 18.0 Å². The summed E-state index contributed by atoms with van der Waals surface area (Å²) in [4.78, 5) is 12.6. The Hall–Kier alpha value is -1.80. The zero-order valence-corrected chi connectivity index (χ0v) is 15.0. The Kier molecular flexibility index (Phi) is 6.88. The van der Waals surface area contributed by atoms with Crippen molar-refractivity contribution < 1.29 is 27.4 Å². The van der Waals surface area contributed by atoms with Crippen LogP contribution in [0.3, 0.4) is 0 Å². The van der Waals surface area contributed by atoms with E-state index in [1.165, 1.54) is 25.3 Å². The molecule has 0 aliphatic carbocycles. The zero-order valence-electron chi connectivity index (χ0n) is 15.0. The van der Waals surface area contributed by atoms with Crippen LogP contribution < -0.4 is 15.4 Å². The molecule has 1 unspecified atom stereocenters. The quantitative estimate of drug-likeness (QED) is 0.771. The fourth-order valence-corrected chi connectivity index (χ4v) is 2.97. The van der Waals surface area contributed by atoms with Crippen molar-refractivity contribution >= 4 is 5.91 Å². The Balaban J connectivity index is 2.01. The monoisotopic (exact) mass is 374 g/mol. The van der Waals surface area contributed by atoms with Gasteiger partial charge in [-0.15, -0.1) is 0 Å². The molecule has 8 heteroatoms. The van der Waals surface area contributed by atoms with Crippen LogP contribution in [0.1, 0.15) is 31.7 Å². The summed E-state index contributed by atoms with van der Waals surface area (Å²) in [6.45, 7) is 3.26. The summed E-state index contributed by atoms with van der Waals surface area (Å²) in [5.41, 5.74) is -1.72. The molecule has 1 atom stereocenters. The minimum absolute atomic E-state index is 0.111. The van der Waals surface area contributed by atoms with E-state index in [2.05, 4.69) is 10.6 Å². The lowest BCUT2D eigenvalue weighted by molar-refractivity contribution is -0.147. The maximum Gasteiger partial charge on any atom is 0.419 e.